The zero-order chi connectivity index (χ0) is 30.4. The number of benzene rings is 3. The molecule has 1 aliphatic heterocycles. The second-order valence-electron chi connectivity index (χ2n) is 11.6. The largest absolute Gasteiger partial charge is 0.496 e. The summed E-state index contributed by atoms with van der Waals surface area (Å²) < 4.78 is 35.0. The summed E-state index contributed by atoms with van der Waals surface area (Å²) in [6.45, 7) is 6.95. The van der Waals surface area contributed by atoms with Gasteiger partial charge in [0.25, 0.3) is 10.0 Å². The normalized spacial score (nSPS) is 14.9. The van der Waals surface area contributed by atoms with Crippen LogP contribution in [0.2, 0.25) is 0 Å². The highest BCUT2D eigenvalue weighted by molar-refractivity contribution is 7.90. The van der Waals surface area contributed by atoms with Crippen LogP contribution in [-0.2, 0) is 16.6 Å². The Morgan fingerprint density at radius 1 is 0.886 bits per heavy atom. The van der Waals surface area contributed by atoms with E-state index in [9.17, 15) is 8.42 Å². The minimum atomic E-state index is -3.89. The van der Waals surface area contributed by atoms with E-state index >= 15 is 0 Å². The maximum atomic E-state index is 13.9. The van der Waals surface area contributed by atoms with Crippen molar-refractivity contribution in [3.8, 4) is 28.0 Å². The van der Waals surface area contributed by atoms with Crippen LogP contribution in [0.25, 0.3) is 44.2 Å². The Balaban J connectivity index is 1.33. The molecule has 7 rings (SSSR count). The van der Waals surface area contributed by atoms with Gasteiger partial charge >= 0.3 is 0 Å². The van der Waals surface area contributed by atoms with Gasteiger partial charge in [0, 0.05) is 78.9 Å². The van der Waals surface area contributed by atoms with Gasteiger partial charge in [0.1, 0.15) is 5.75 Å². The van der Waals surface area contributed by atoms with Crippen LogP contribution in [0, 0.1) is 6.92 Å². The molecule has 3 aromatic heterocycles. The minimum absolute atomic E-state index is 0.221. The Labute approximate surface area is 257 Å². The molecule has 0 unspecified atom stereocenters. The Hall–Kier alpha value is -4.44. The molecule has 9 heteroatoms. The second-order valence-corrected chi connectivity index (χ2v) is 13.5. The lowest BCUT2D eigenvalue weighted by atomic mass is 10.00. The predicted molar refractivity (Wildman–Crippen MR) is 176 cm³/mol. The fourth-order valence-electron chi connectivity index (χ4n) is 6.00. The first-order valence-corrected chi connectivity index (χ1v) is 16.2. The van der Waals surface area contributed by atoms with E-state index in [0.29, 0.717) is 5.65 Å². The van der Waals surface area contributed by atoms with Crippen molar-refractivity contribution in [3.05, 3.63) is 103 Å². The minimum Gasteiger partial charge on any atom is -0.496 e. The fraction of sp³-hybridized carbons (Fsp3) is 0.229. The van der Waals surface area contributed by atoms with Gasteiger partial charge in [-0.15, -0.1) is 0 Å². The van der Waals surface area contributed by atoms with E-state index < -0.39 is 10.0 Å². The molecule has 44 heavy (non-hydrogen) atoms. The van der Waals surface area contributed by atoms with E-state index in [1.807, 2.05) is 49.5 Å². The van der Waals surface area contributed by atoms with E-state index in [-0.39, 0.29) is 4.90 Å². The number of hydrogen-bond donors (Lipinski definition) is 1. The molecule has 0 amide bonds. The molecule has 4 heterocycles. The zero-order valence-electron chi connectivity index (χ0n) is 25.1. The number of hydrogen-bond acceptors (Lipinski definition) is 6. The summed E-state index contributed by atoms with van der Waals surface area (Å²) in [5.41, 5.74) is 7.10. The number of ether oxygens (including phenoxy) is 1. The molecule has 6 aromatic rings. The number of nitrogens with one attached hydrogen (secondary N) is 1. The van der Waals surface area contributed by atoms with Gasteiger partial charge in [0.15, 0.2) is 5.65 Å². The molecule has 0 aliphatic carbocycles. The summed E-state index contributed by atoms with van der Waals surface area (Å²) in [5.74, 6) is 0.833. The average molecular weight is 606 g/mol. The van der Waals surface area contributed by atoms with Gasteiger partial charge < -0.3 is 14.6 Å². The molecule has 1 fully saturated rings. The Kier molecular flexibility index (Phi) is 7.24. The fourth-order valence-corrected chi connectivity index (χ4v) is 7.32. The van der Waals surface area contributed by atoms with Crippen LogP contribution in [0.3, 0.4) is 0 Å². The van der Waals surface area contributed by atoms with Crippen molar-refractivity contribution in [2.24, 2.45) is 0 Å². The van der Waals surface area contributed by atoms with Crippen LogP contribution < -0.4 is 4.74 Å². The number of methoxy groups -OCH3 is 1. The van der Waals surface area contributed by atoms with Crippen molar-refractivity contribution in [3.63, 3.8) is 0 Å². The molecule has 0 saturated carbocycles. The highest BCUT2D eigenvalue weighted by atomic mass is 32.2. The summed E-state index contributed by atoms with van der Waals surface area (Å²) in [6.07, 6.45) is 5.35. The van der Waals surface area contributed by atoms with Crippen LogP contribution in [0.4, 0.5) is 0 Å². The van der Waals surface area contributed by atoms with Gasteiger partial charge in [0.2, 0.25) is 0 Å². The zero-order valence-corrected chi connectivity index (χ0v) is 25.9. The van der Waals surface area contributed by atoms with E-state index in [0.717, 1.165) is 88.1 Å². The average Bonchev–Trinajstić information content (AvgIpc) is 3.67. The number of H-pyrrole nitrogens is 1. The van der Waals surface area contributed by atoms with Gasteiger partial charge in [-0.2, -0.15) is 0 Å². The highest BCUT2D eigenvalue weighted by Gasteiger charge is 2.24. The first-order valence-electron chi connectivity index (χ1n) is 14.8. The van der Waals surface area contributed by atoms with E-state index in [1.165, 1.54) is 3.97 Å². The summed E-state index contributed by atoms with van der Waals surface area (Å²) in [4.78, 5) is 13.0. The number of rotatable bonds is 7. The van der Waals surface area contributed by atoms with E-state index in [4.69, 9.17) is 9.72 Å². The number of pyridine rings is 1. The topological polar surface area (TPSA) is 83.5 Å². The van der Waals surface area contributed by atoms with Gasteiger partial charge in [0.05, 0.1) is 12.0 Å². The summed E-state index contributed by atoms with van der Waals surface area (Å²) in [5, 5.41) is 1.81. The SMILES string of the molecule is COc1cc(-c2cnc3c(c2)c(-c2ccc4[nH]ccc4c2)cn3S(=O)(=O)c2ccc(C)cc2)ccc1CN1CCN(C)CC1. The Morgan fingerprint density at radius 3 is 2.43 bits per heavy atom. The lowest BCUT2D eigenvalue weighted by Crippen LogP contribution is -2.43. The smallest absolute Gasteiger partial charge is 0.269 e. The van der Waals surface area contributed by atoms with Crippen molar-refractivity contribution in [2.45, 2.75) is 18.4 Å². The van der Waals surface area contributed by atoms with E-state index in [1.54, 1.807) is 31.6 Å². The number of nitrogens with zero attached hydrogens (tertiary/aromatic N) is 4. The third-order valence-electron chi connectivity index (χ3n) is 8.66. The number of likely N-dealkylation sites (N-methyl/N-ethyl adjacent to an activating group) is 1. The molecule has 224 valence electrons. The lowest BCUT2D eigenvalue weighted by molar-refractivity contribution is 0.147. The Bertz CT molecular complexity index is 2090. The van der Waals surface area contributed by atoms with Gasteiger partial charge in [-0.25, -0.2) is 17.4 Å². The van der Waals surface area contributed by atoms with Crippen molar-refractivity contribution < 1.29 is 13.2 Å². The quantitative estimate of drug-likeness (QED) is 0.235. The lowest BCUT2D eigenvalue weighted by Gasteiger charge is -2.32. The summed E-state index contributed by atoms with van der Waals surface area (Å²) in [7, 11) is -0.0241. The van der Waals surface area contributed by atoms with Crippen LogP contribution in [0.5, 0.6) is 5.75 Å². The summed E-state index contributed by atoms with van der Waals surface area (Å²) >= 11 is 0. The first-order chi connectivity index (χ1) is 21.3. The standard InChI is InChI=1S/C35H35N5O3S/c1-24-4-9-30(10-5-24)44(41,42)40-23-32(26-8-11-33-27(18-26)12-13-36-33)31-19-29(21-37-35(31)40)25-6-7-28(34(20-25)43-3)22-39-16-14-38(2)15-17-39/h4-13,18-21,23,36H,14-17,22H2,1-3H3. The third-order valence-corrected chi connectivity index (χ3v) is 10.3. The number of fused-ring (bicyclic) bond motifs is 2. The number of aromatic nitrogens is 3. The van der Waals surface area contributed by atoms with Crippen molar-refractivity contribution in [1.82, 2.24) is 23.7 Å². The molecular weight excluding hydrogens is 570 g/mol. The maximum Gasteiger partial charge on any atom is 0.269 e. The summed E-state index contributed by atoms with van der Waals surface area (Å²) in [6, 6.07) is 23.4. The van der Waals surface area contributed by atoms with Gasteiger partial charge in [-0.3, -0.25) is 4.90 Å². The predicted octanol–water partition coefficient (Wildman–Crippen LogP) is 6.15. The van der Waals surface area contributed by atoms with Gasteiger partial charge in [-0.05, 0) is 72.9 Å². The van der Waals surface area contributed by atoms with Gasteiger partial charge in [-0.1, -0.05) is 35.9 Å². The molecule has 1 aliphatic rings. The molecule has 0 radical (unpaired) electrons. The molecule has 1 saturated heterocycles. The highest BCUT2D eigenvalue weighted by Crippen LogP contribution is 2.37. The molecule has 8 nitrogen and oxygen atoms in total. The number of aromatic amines is 1. The van der Waals surface area contributed by atoms with Crippen molar-refractivity contribution >= 4 is 32.0 Å². The second kappa shape index (κ2) is 11.2. The molecule has 0 bridgehead atoms. The van der Waals surface area contributed by atoms with Crippen LogP contribution in [-0.4, -0.2) is 72.5 Å². The monoisotopic (exact) mass is 605 g/mol. The van der Waals surface area contributed by atoms with Crippen LogP contribution in [0.1, 0.15) is 11.1 Å². The maximum absolute atomic E-state index is 13.9. The third kappa shape index (κ3) is 5.17. The molecule has 0 atom stereocenters. The molecule has 1 N–H and O–H groups in total. The van der Waals surface area contributed by atoms with Crippen LogP contribution in [0.15, 0.2) is 96.3 Å². The molecule has 3 aromatic carbocycles. The number of piperazine rings is 1. The van der Waals surface area contributed by atoms with Crippen molar-refractivity contribution in [1.29, 1.82) is 0 Å². The van der Waals surface area contributed by atoms with E-state index in [2.05, 4.69) is 46.1 Å². The first kappa shape index (κ1) is 28.3. The molecular formula is C35H35N5O3S. The molecule has 0 spiro atoms. The van der Waals surface area contributed by atoms with Crippen molar-refractivity contribution in [2.75, 3.05) is 40.3 Å². The Morgan fingerprint density at radius 2 is 1.66 bits per heavy atom. The number of aryl methyl sites for hydroxylation is 1. The van der Waals surface area contributed by atoms with Crippen LogP contribution >= 0.6 is 0 Å².